The Labute approximate surface area is 149 Å². The number of piperazine rings is 1. The molecule has 0 bridgehead atoms. The number of hydrogen-bond acceptors (Lipinski definition) is 4. The van der Waals surface area contributed by atoms with Gasteiger partial charge in [0.2, 0.25) is 5.91 Å². The van der Waals surface area contributed by atoms with Gasteiger partial charge in [0.15, 0.2) is 0 Å². The van der Waals surface area contributed by atoms with Crippen molar-refractivity contribution >= 4 is 23.2 Å². The number of nitriles is 1. The van der Waals surface area contributed by atoms with Crippen molar-refractivity contribution in [2.24, 2.45) is 5.92 Å². The van der Waals surface area contributed by atoms with Crippen molar-refractivity contribution in [2.75, 3.05) is 37.6 Å². The van der Waals surface area contributed by atoms with Gasteiger partial charge in [-0.05, 0) is 25.0 Å². The van der Waals surface area contributed by atoms with Gasteiger partial charge in [-0.15, -0.1) is 0 Å². The third-order valence-corrected chi connectivity index (χ3v) is 5.04. The molecule has 1 saturated heterocycles. The van der Waals surface area contributed by atoms with Crippen molar-refractivity contribution < 1.29 is 4.79 Å². The third-order valence-electron chi connectivity index (χ3n) is 4.72. The molecule has 1 N–H and O–H groups in total. The summed E-state index contributed by atoms with van der Waals surface area (Å²) in [5.74, 6) is -0.0394. The molecule has 1 heterocycles. The Morgan fingerprint density at radius 3 is 2.50 bits per heavy atom. The zero-order valence-corrected chi connectivity index (χ0v) is 15.3. The molecular formula is C18H25ClN4O. The molecule has 0 saturated carbocycles. The Bertz CT molecular complexity index is 620. The second kappa shape index (κ2) is 7.87. The molecule has 1 aliphatic heterocycles. The molecule has 1 amide bonds. The van der Waals surface area contributed by atoms with Gasteiger partial charge in [0, 0.05) is 26.2 Å². The van der Waals surface area contributed by atoms with Crippen LogP contribution in [-0.2, 0) is 4.79 Å². The molecule has 0 aliphatic carbocycles. The molecule has 1 fully saturated rings. The fourth-order valence-corrected chi connectivity index (χ4v) is 2.94. The molecule has 1 aromatic rings. The van der Waals surface area contributed by atoms with E-state index in [-0.39, 0.29) is 11.8 Å². The highest BCUT2D eigenvalue weighted by atomic mass is 35.5. The van der Waals surface area contributed by atoms with E-state index in [4.69, 9.17) is 11.6 Å². The lowest BCUT2D eigenvalue weighted by atomic mass is 9.90. The molecule has 24 heavy (non-hydrogen) atoms. The lowest BCUT2D eigenvalue weighted by molar-refractivity contribution is -0.124. The van der Waals surface area contributed by atoms with Gasteiger partial charge in [0.05, 0.1) is 23.3 Å². The van der Waals surface area contributed by atoms with Crippen LogP contribution in [-0.4, -0.2) is 49.1 Å². The van der Waals surface area contributed by atoms with E-state index in [1.54, 1.807) is 6.92 Å². The van der Waals surface area contributed by atoms with Gasteiger partial charge in [-0.25, -0.2) is 0 Å². The maximum absolute atomic E-state index is 12.3. The number of carbonyl (C=O) groups excluding carboxylic acids is 1. The topological polar surface area (TPSA) is 59.4 Å². The Kier molecular flexibility index (Phi) is 6.09. The van der Waals surface area contributed by atoms with Gasteiger partial charge in [0.25, 0.3) is 0 Å². The minimum atomic E-state index is -0.823. The van der Waals surface area contributed by atoms with Crippen molar-refractivity contribution in [1.29, 1.82) is 5.26 Å². The zero-order valence-electron chi connectivity index (χ0n) is 14.6. The van der Waals surface area contributed by atoms with Crippen molar-refractivity contribution in [3.63, 3.8) is 0 Å². The number of nitrogens with zero attached hydrogens (tertiary/aromatic N) is 3. The van der Waals surface area contributed by atoms with Gasteiger partial charge < -0.3 is 10.2 Å². The molecule has 130 valence electrons. The molecule has 1 aliphatic rings. The summed E-state index contributed by atoms with van der Waals surface area (Å²) in [6.45, 7) is 9.21. The van der Waals surface area contributed by atoms with Crippen molar-refractivity contribution in [3.05, 3.63) is 29.3 Å². The first-order valence-corrected chi connectivity index (χ1v) is 8.67. The van der Waals surface area contributed by atoms with Crippen LogP contribution in [0.4, 0.5) is 5.69 Å². The average molecular weight is 349 g/mol. The average Bonchev–Trinajstić information content (AvgIpc) is 2.55. The van der Waals surface area contributed by atoms with Crippen LogP contribution in [0, 0.1) is 17.2 Å². The summed E-state index contributed by atoms with van der Waals surface area (Å²) in [5.41, 5.74) is 0.219. The highest BCUT2D eigenvalue weighted by Crippen LogP contribution is 2.26. The third kappa shape index (κ3) is 4.40. The first kappa shape index (κ1) is 18.6. The number of benzene rings is 1. The standard InChI is InChI=1S/C18H25ClN4O/c1-14(2)18(3,13-20)21-17(24)12-22-8-10-23(11-9-22)16-7-5-4-6-15(16)19/h4-7,14H,8-12H2,1-3H3,(H,21,24)/t18-/m0/s1. The van der Waals surface area contributed by atoms with Gasteiger partial charge >= 0.3 is 0 Å². The van der Waals surface area contributed by atoms with E-state index < -0.39 is 5.54 Å². The highest BCUT2D eigenvalue weighted by molar-refractivity contribution is 6.33. The number of para-hydroxylation sites is 1. The summed E-state index contributed by atoms with van der Waals surface area (Å²) in [7, 11) is 0. The molecule has 1 atom stereocenters. The number of rotatable bonds is 5. The Morgan fingerprint density at radius 2 is 1.96 bits per heavy atom. The molecule has 2 rings (SSSR count). The molecule has 0 radical (unpaired) electrons. The Balaban J connectivity index is 1.86. The maximum Gasteiger partial charge on any atom is 0.235 e. The minimum absolute atomic E-state index is 0.0588. The summed E-state index contributed by atoms with van der Waals surface area (Å²) in [5, 5.41) is 12.9. The minimum Gasteiger partial charge on any atom is -0.368 e. The number of nitrogens with one attached hydrogen (secondary N) is 1. The molecular weight excluding hydrogens is 324 g/mol. The van der Waals surface area contributed by atoms with E-state index in [1.807, 2.05) is 38.1 Å². The maximum atomic E-state index is 12.3. The van der Waals surface area contributed by atoms with Gasteiger partial charge in [-0.2, -0.15) is 5.26 Å². The van der Waals surface area contributed by atoms with Gasteiger partial charge in [-0.3, -0.25) is 9.69 Å². The van der Waals surface area contributed by atoms with Crippen LogP contribution in [0.1, 0.15) is 20.8 Å². The van der Waals surface area contributed by atoms with E-state index in [0.29, 0.717) is 6.54 Å². The second-order valence-corrected chi connectivity index (χ2v) is 7.14. The van der Waals surface area contributed by atoms with Crippen molar-refractivity contribution in [1.82, 2.24) is 10.2 Å². The summed E-state index contributed by atoms with van der Waals surface area (Å²) in [6.07, 6.45) is 0. The van der Waals surface area contributed by atoms with E-state index in [9.17, 15) is 10.1 Å². The molecule has 0 unspecified atom stereocenters. The first-order valence-electron chi connectivity index (χ1n) is 8.30. The van der Waals surface area contributed by atoms with Crippen LogP contribution in [0.5, 0.6) is 0 Å². The van der Waals surface area contributed by atoms with Crippen LogP contribution in [0.25, 0.3) is 0 Å². The fourth-order valence-electron chi connectivity index (χ4n) is 2.69. The van der Waals surface area contributed by atoms with E-state index in [0.717, 1.165) is 36.9 Å². The summed E-state index contributed by atoms with van der Waals surface area (Å²) >= 11 is 6.25. The van der Waals surface area contributed by atoms with E-state index in [2.05, 4.69) is 21.2 Å². The molecule has 5 nitrogen and oxygen atoms in total. The number of carbonyl (C=O) groups is 1. The number of halogens is 1. The van der Waals surface area contributed by atoms with E-state index >= 15 is 0 Å². The van der Waals surface area contributed by atoms with Crippen LogP contribution in [0.2, 0.25) is 5.02 Å². The predicted octanol–water partition coefficient (Wildman–Crippen LogP) is 2.52. The Hall–Kier alpha value is -1.77. The van der Waals surface area contributed by atoms with Crippen molar-refractivity contribution in [3.8, 4) is 6.07 Å². The molecule has 0 spiro atoms. The predicted molar refractivity (Wildman–Crippen MR) is 97.1 cm³/mol. The second-order valence-electron chi connectivity index (χ2n) is 6.73. The fraction of sp³-hybridized carbons (Fsp3) is 0.556. The summed E-state index contributed by atoms with van der Waals surface area (Å²) in [4.78, 5) is 16.6. The molecule has 1 aromatic carbocycles. The largest absolute Gasteiger partial charge is 0.368 e. The molecule has 0 aromatic heterocycles. The smallest absolute Gasteiger partial charge is 0.235 e. The number of amides is 1. The summed E-state index contributed by atoms with van der Waals surface area (Å²) < 4.78 is 0. The van der Waals surface area contributed by atoms with Gasteiger partial charge in [0.1, 0.15) is 5.54 Å². The van der Waals surface area contributed by atoms with Crippen LogP contribution in [0.15, 0.2) is 24.3 Å². The Morgan fingerprint density at radius 1 is 1.33 bits per heavy atom. The van der Waals surface area contributed by atoms with Crippen molar-refractivity contribution in [2.45, 2.75) is 26.3 Å². The van der Waals surface area contributed by atoms with Crippen LogP contribution < -0.4 is 10.2 Å². The summed E-state index contributed by atoms with van der Waals surface area (Å²) in [6, 6.07) is 10.0. The van der Waals surface area contributed by atoms with Crippen LogP contribution >= 0.6 is 11.6 Å². The number of anilines is 1. The van der Waals surface area contributed by atoms with Gasteiger partial charge in [-0.1, -0.05) is 37.6 Å². The monoisotopic (exact) mass is 348 g/mol. The SMILES string of the molecule is CC(C)[C@](C)(C#N)NC(=O)CN1CCN(c2ccccc2Cl)CC1. The zero-order chi connectivity index (χ0) is 17.7. The lowest BCUT2D eigenvalue weighted by Crippen LogP contribution is -2.54. The lowest BCUT2D eigenvalue weighted by Gasteiger charge is -2.36. The highest BCUT2D eigenvalue weighted by Gasteiger charge is 2.30. The quantitative estimate of drug-likeness (QED) is 0.888. The normalized spacial score (nSPS) is 18.1. The number of hydrogen-bond donors (Lipinski definition) is 1. The van der Waals surface area contributed by atoms with Crippen LogP contribution in [0.3, 0.4) is 0 Å². The van der Waals surface area contributed by atoms with E-state index in [1.165, 1.54) is 0 Å². The molecule has 6 heteroatoms. The first-order chi connectivity index (χ1) is 11.4.